The maximum Gasteiger partial charge on any atom is 0.330 e. The molecule has 0 aromatic carbocycles. The van der Waals surface area contributed by atoms with Gasteiger partial charge in [-0.2, -0.15) is 0 Å². The van der Waals surface area contributed by atoms with Crippen LogP contribution in [0.3, 0.4) is 0 Å². The van der Waals surface area contributed by atoms with Gasteiger partial charge in [0.1, 0.15) is 0 Å². The zero-order valence-electron chi connectivity index (χ0n) is 18.2. The first kappa shape index (κ1) is 22.0. The molecule has 0 atom stereocenters. The predicted octanol–water partition coefficient (Wildman–Crippen LogP) is 1.13. The highest BCUT2D eigenvalue weighted by Gasteiger charge is 2.33. The van der Waals surface area contributed by atoms with E-state index in [4.69, 9.17) is 0 Å². The minimum Gasteiger partial charge on any atom is -0.342 e. The smallest absolute Gasteiger partial charge is 0.330 e. The van der Waals surface area contributed by atoms with E-state index in [1.165, 1.54) is 10.6 Å². The van der Waals surface area contributed by atoms with Gasteiger partial charge in [0, 0.05) is 51.4 Å². The highest BCUT2D eigenvalue weighted by Crippen LogP contribution is 2.26. The van der Waals surface area contributed by atoms with E-state index in [0.29, 0.717) is 58.0 Å². The zero-order valence-corrected chi connectivity index (χ0v) is 19.1. The van der Waals surface area contributed by atoms with Gasteiger partial charge in [0.15, 0.2) is 5.65 Å². The van der Waals surface area contributed by atoms with Gasteiger partial charge < -0.3 is 4.90 Å². The number of piperidine rings is 2. The van der Waals surface area contributed by atoms with Crippen molar-refractivity contribution in [1.29, 1.82) is 0 Å². The lowest BCUT2D eigenvalue weighted by molar-refractivity contribution is -0.138. The van der Waals surface area contributed by atoms with Crippen LogP contribution in [0.1, 0.15) is 32.6 Å². The molecule has 0 aliphatic carbocycles. The quantitative estimate of drug-likeness (QED) is 0.682. The van der Waals surface area contributed by atoms with Gasteiger partial charge in [-0.25, -0.2) is 22.5 Å². The summed E-state index contributed by atoms with van der Waals surface area (Å²) >= 11 is 0. The maximum absolute atomic E-state index is 12.9. The first-order valence-corrected chi connectivity index (χ1v) is 12.9. The SMILES string of the molecule is CCn1c(=O)n(CC2CCN(C(=O)C3CCN(S(C)(=O)=O)CC3)CC2)c2ncccc21. The molecule has 0 bridgehead atoms. The van der Waals surface area contributed by atoms with Gasteiger partial charge in [-0.05, 0) is 50.7 Å². The molecule has 2 aliphatic rings. The third kappa shape index (κ3) is 4.41. The fraction of sp³-hybridized carbons (Fsp3) is 0.667. The second kappa shape index (κ2) is 8.74. The number of aromatic nitrogens is 3. The van der Waals surface area contributed by atoms with Crippen molar-refractivity contribution in [2.24, 2.45) is 11.8 Å². The number of rotatable bonds is 5. The Bertz CT molecular complexity index is 1110. The van der Waals surface area contributed by atoms with Crippen molar-refractivity contribution in [1.82, 2.24) is 23.3 Å². The topological polar surface area (TPSA) is 97.5 Å². The van der Waals surface area contributed by atoms with E-state index in [1.807, 2.05) is 24.0 Å². The van der Waals surface area contributed by atoms with Crippen molar-refractivity contribution in [3.8, 4) is 0 Å². The maximum atomic E-state index is 12.9. The van der Waals surface area contributed by atoms with Crippen molar-refractivity contribution >= 4 is 27.1 Å². The summed E-state index contributed by atoms with van der Waals surface area (Å²) in [6.45, 7) is 5.40. The summed E-state index contributed by atoms with van der Waals surface area (Å²) in [6.07, 6.45) is 5.82. The predicted molar refractivity (Wildman–Crippen MR) is 118 cm³/mol. The summed E-state index contributed by atoms with van der Waals surface area (Å²) in [6, 6.07) is 3.78. The zero-order chi connectivity index (χ0) is 22.2. The van der Waals surface area contributed by atoms with Crippen molar-refractivity contribution in [3.05, 3.63) is 28.8 Å². The molecular formula is C21H31N5O4S. The molecule has 0 radical (unpaired) electrons. The van der Waals surface area contributed by atoms with Gasteiger partial charge in [-0.3, -0.25) is 13.9 Å². The van der Waals surface area contributed by atoms with Crippen LogP contribution in [-0.2, 0) is 27.9 Å². The van der Waals surface area contributed by atoms with Crippen LogP contribution in [-0.4, -0.2) is 70.1 Å². The lowest BCUT2D eigenvalue weighted by atomic mass is 9.92. The Balaban J connectivity index is 1.36. The number of pyridine rings is 1. The Morgan fingerprint density at radius 2 is 1.77 bits per heavy atom. The Labute approximate surface area is 182 Å². The van der Waals surface area contributed by atoms with Gasteiger partial charge >= 0.3 is 5.69 Å². The number of nitrogens with zero attached hydrogens (tertiary/aromatic N) is 5. The van der Waals surface area contributed by atoms with Gasteiger partial charge in [0.25, 0.3) is 0 Å². The Hall–Kier alpha value is -2.20. The number of imidazole rings is 1. The largest absolute Gasteiger partial charge is 0.342 e. The number of aryl methyl sites for hydroxylation is 1. The number of hydrogen-bond donors (Lipinski definition) is 0. The van der Waals surface area contributed by atoms with Crippen molar-refractivity contribution in [2.45, 2.75) is 45.7 Å². The molecule has 0 unspecified atom stereocenters. The Morgan fingerprint density at radius 1 is 1.10 bits per heavy atom. The lowest BCUT2D eigenvalue weighted by Crippen LogP contribution is -2.46. The first-order chi connectivity index (χ1) is 14.8. The summed E-state index contributed by atoms with van der Waals surface area (Å²) in [5, 5.41) is 0. The summed E-state index contributed by atoms with van der Waals surface area (Å²) < 4.78 is 28.3. The molecule has 4 rings (SSSR count). The van der Waals surface area contributed by atoms with Crippen LogP contribution in [0.25, 0.3) is 11.2 Å². The number of carbonyl (C=O) groups is 1. The minimum atomic E-state index is -3.18. The Morgan fingerprint density at radius 3 is 2.39 bits per heavy atom. The highest BCUT2D eigenvalue weighted by atomic mass is 32.2. The van der Waals surface area contributed by atoms with Crippen LogP contribution in [0.5, 0.6) is 0 Å². The second-order valence-corrected chi connectivity index (χ2v) is 10.7. The number of likely N-dealkylation sites (tertiary alicyclic amines) is 1. The third-order valence-electron chi connectivity index (χ3n) is 6.73. The van der Waals surface area contributed by atoms with E-state index in [9.17, 15) is 18.0 Å². The van der Waals surface area contributed by atoms with E-state index >= 15 is 0 Å². The molecular weight excluding hydrogens is 418 g/mol. The normalized spacial score (nSPS) is 19.9. The number of hydrogen-bond acceptors (Lipinski definition) is 5. The molecule has 0 N–H and O–H groups in total. The van der Waals surface area contributed by atoms with E-state index in [2.05, 4.69) is 4.98 Å². The molecule has 2 aliphatic heterocycles. The molecule has 10 heteroatoms. The van der Waals surface area contributed by atoms with Crippen LogP contribution >= 0.6 is 0 Å². The number of carbonyl (C=O) groups excluding carboxylic acids is 1. The number of fused-ring (bicyclic) bond motifs is 1. The monoisotopic (exact) mass is 449 g/mol. The van der Waals surface area contributed by atoms with Gasteiger partial charge in [-0.15, -0.1) is 0 Å². The number of sulfonamides is 1. The summed E-state index contributed by atoms with van der Waals surface area (Å²) in [5.41, 5.74) is 1.57. The molecule has 1 amide bonds. The molecule has 9 nitrogen and oxygen atoms in total. The van der Waals surface area contributed by atoms with Gasteiger partial charge in [0.05, 0.1) is 11.8 Å². The molecule has 0 saturated carbocycles. The van der Waals surface area contributed by atoms with Crippen LogP contribution in [0.2, 0.25) is 0 Å². The molecule has 2 aromatic rings. The fourth-order valence-electron chi connectivity index (χ4n) is 4.90. The van der Waals surface area contributed by atoms with Gasteiger partial charge in [-0.1, -0.05) is 0 Å². The molecule has 31 heavy (non-hydrogen) atoms. The van der Waals surface area contributed by atoms with Crippen LogP contribution in [0.15, 0.2) is 23.1 Å². The first-order valence-electron chi connectivity index (χ1n) is 11.1. The molecule has 2 fully saturated rings. The average Bonchev–Trinajstić information content (AvgIpc) is 3.04. The standard InChI is InChI=1S/C21H31N5O4S/c1-3-25-18-5-4-10-22-19(18)26(21(25)28)15-16-6-11-23(12-7-16)20(27)17-8-13-24(14-9-17)31(2,29)30/h4-5,10,16-17H,3,6-9,11-15H2,1-2H3. The summed E-state index contributed by atoms with van der Waals surface area (Å²) in [4.78, 5) is 32.1. The van der Waals surface area contributed by atoms with Crippen LogP contribution < -0.4 is 5.69 Å². The molecule has 0 spiro atoms. The van der Waals surface area contributed by atoms with E-state index in [1.54, 1.807) is 15.3 Å². The lowest BCUT2D eigenvalue weighted by Gasteiger charge is -2.36. The number of amides is 1. The fourth-order valence-corrected chi connectivity index (χ4v) is 5.78. The van der Waals surface area contributed by atoms with Crippen LogP contribution in [0.4, 0.5) is 0 Å². The van der Waals surface area contributed by atoms with E-state index in [-0.39, 0.29) is 17.5 Å². The van der Waals surface area contributed by atoms with Crippen LogP contribution in [0, 0.1) is 11.8 Å². The van der Waals surface area contributed by atoms with Gasteiger partial charge in [0.2, 0.25) is 15.9 Å². The second-order valence-electron chi connectivity index (χ2n) is 8.69. The van der Waals surface area contributed by atoms with E-state index < -0.39 is 10.0 Å². The highest BCUT2D eigenvalue weighted by molar-refractivity contribution is 7.88. The molecule has 170 valence electrons. The molecule has 4 heterocycles. The average molecular weight is 450 g/mol. The summed E-state index contributed by atoms with van der Waals surface area (Å²) in [7, 11) is -3.18. The Kier molecular flexibility index (Phi) is 6.20. The van der Waals surface area contributed by atoms with Crippen molar-refractivity contribution < 1.29 is 13.2 Å². The molecule has 2 aromatic heterocycles. The van der Waals surface area contributed by atoms with E-state index in [0.717, 1.165) is 24.0 Å². The minimum absolute atomic E-state index is 0.0210. The third-order valence-corrected chi connectivity index (χ3v) is 8.03. The van der Waals surface area contributed by atoms with Crippen molar-refractivity contribution in [3.63, 3.8) is 0 Å². The molecule has 2 saturated heterocycles. The summed E-state index contributed by atoms with van der Waals surface area (Å²) in [5.74, 6) is 0.378. The van der Waals surface area contributed by atoms with Crippen molar-refractivity contribution in [2.75, 3.05) is 32.4 Å².